The standard InChI is InChI=1S/C12H13NO3/c1-2-16-12(14)7-6-10-4-3-5-11(8-10)9-13-15/h3-9,15H,2H2,1H3. The first kappa shape index (κ1) is 12.0. The van der Waals surface area contributed by atoms with E-state index in [0.717, 1.165) is 11.1 Å². The van der Waals surface area contributed by atoms with Crippen molar-refractivity contribution in [1.29, 1.82) is 0 Å². The molecule has 1 N–H and O–H groups in total. The summed E-state index contributed by atoms with van der Waals surface area (Å²) < 4.78 is 4.75. The van der Waals surface area contributed by atoms with Gasteiger partial charge in [-0.05, 0) is 30.2 Å². The van der Waals surface area contributed by atoms with Crippen molar-refractivity contribution in [1.82, 2.24) is 0 Å². The van der Waals surface area contributed by atoms with Crippen molar-refractivity contribution >= 4 is 18.3 Å². The second-order valence-electron chi connectivity index (χ2n) is 3.00. The van der Waals surface area contributed by atoms with Crippen LogP contribution in [0.5, 0.6) is 0 Å². The molecule has 0 aliphatic heterocycles. The monoisotopic (exact) mass is 219 g/mol. The quantitative estimate of drug-likeness (QED) is 0.277. The third-order valence-corrected chi connectivity index (χ3v) is 1.82. The third kappa shape index (κ3) is 3.96. The van der Waals surface area contributed by atoms with E-state index in [4.69, 9.17) is 9.94 Å². The maximum Gasteiger partial charge on any atom is 0.330 e. The Morgan fingerprint density at radius 2 is 2.25 bits per heavy atom. The molecule has 0 aliphatic rings. The maximum absolute atomic E-state index is 11.1. The van der Waals surface area contributed by atoms with Crippen molar-refractivity contribution in [2.24, 2.45) is 5.16 Å². The lowest BCUT2D eigenvalue weighted by Crippen LogP contribution is -1.98. The van der Waals surface area contributed by atoms with Crippen molar-refractivity contribution in [2.45, 2.75) is 6.92 Å². The summed E-state index contributed by atoms with van der Waals surface area (Å²) in [5.74, 6) is -0.372. The van der Waals surface area contributed by atoms with E-state index in [0.29, 0.717) is 6.61 Å². The lowest BCUT2D eigenvalue weighted by Gasteiger charge is -1.96. The number of esters is 1. The number of carbonyl (C=O) groups is 1. The first-order chi connectivity index (χ1) is 7.76. The van der Waals surface area contributed by atoms with Crippen LogP contribution >= 0.6 is 0 Å². The first-order valence-corrected chi connectivity index (χ1v) is 4.88. The summed E-state index contributed by atoms with van der Waals surface area (Å²) in [6, 6.07) is 7.23. The zero-order chi connectivity index (χ0) is 11.8. The van der Waals surface area contributed by atoms with Gasteiger partial charge in [-0.2, -0.15) is 0 Å². The van der Waals surface area contributed by atoms with E-state index < -0.39 is 0 Å². The first-order valence-electron chi connectivity index (χ1n) is 4.88. The molecule has 16 heavy (non-hydrogen) atoms. The predicted molar refractivity (Wildman–Crippen MR) is 61.5 cm³/mol. The molecule has 0 aromatic heterocycles. The number of oxime groups is 1. The number of rotatable bonds is 4. The summed E-state index contributed by atoms with van der Waals surface area (Å²) in [7, 11) is 0. The topological polar surface area (TPSA) is 58.9 Å². The van der Waals surface area contributed by atoms with E-state index in [1.54, 1.807) is 25.1 Å². The average Bonchev–Trinajstić information content (AvgIpc) is 2.28. The number of carbonyl (C=O) groups excluding carboxylic acids is 1. The average molecular weight is 219 g/mol. The third-order valence-electron chi connectivity index (χ3n) is 1.82. The van der Waals surface area contributed by atoms with Crippen LogP contribution in [-0.2, 0) is 9.53 Å². The van der Waals surface area contributed by atoms with Gasteiger partial charge in [0.05, 0.1) is 12.8 Å². The van der Waals surface area contributed by atoms with E-state index in [2.05, 4.69) is 5.16 Å². The molecule has 0 spiro atoms. The van der Waals surface area contributed by atoms with E-state index >= 15 is 0 Å². The highest BCUT2D eigenvalue weighted by Gasteiger charge is 1.94. The highest BCUT2D eigenvalue weighted by atomic mass is 16.5. The summed E-state index contributed by atoms with van der Waals surface area (Å²) in [4.78, 5) is 11.1. The lowest BCUT2D eigenvalue weighted by atomic mass is 10.1. The summed E-state index contributed by atoms with van der Waals surface area (Å²) in [6.07, 6.45) is 4.33. The van der Waals surface area contributed by atoms with Gasteiger partial charge in [0.15, 0.2) is 0 Å². The van der Waals surface area contributed by atoms with E-state index in [9.17, 15) is 4.79 Å². The number of ether oxygens (including phenoxy) is 1. The number of benzene rings is 1. The van der Waals surface area contributed by atoms with Crippen LogP contribution in [0.4, 0.5) is 0 Å². The molecule has 0 heterocycles. The van der Waals surface area contributed by atoms with Crippen LogP contribution in [0.25, 0.3) is 6.08 Å². The fraction of sp³-hybridized carbons (Fsp3) is 0.167. The molecule has 0 bridgehead atoms. The van der Waals surface area contributed by atoms with Gasteiger partial charge in [0.1, 0.15) is 0 Å². The number of hydrogen-bond acceptors (Lipinski definition) is 4. The molecule has 0 unspecified atom stereocenters. The van der Waals surface area contributed by atoms with Crippen molar-refractivity contribution in [3.63, 3.8) is 0 Å². The molecule has 1 aromatic rings. The molecule has 0 saturated heterocycles. The van der Waals surface area contributed by atoms with Gasteiger partial charge in [0.2, 0.25) is 0 Å². The van der Waals surface area contributed by atoms with E-state index in [-0.39, 0.29) is 5.97 Å². The van der Waals surface area contributed by atoms with Gasteiger partial charge >= 0.3 is 5.97 Å². The fourth-order valence-corrected chi connectivity index (χ4v) is 1.16. The van der Waals surface area contributed by atoms with Gasteiger partial charge in [0, 0.05) is 6.08 Å². The molecule has 4 nitrogen and oxygen atoms in total. The van der Waals surface area contributed by atoms with Gasteiger partial charge in [-0.15, -0.1) is 0 Å². The zero-order valence-corrected chi connectivity index (χ0v) is 8.96. The minimum atomic E-state index is -0.372. The van der Waals surface area contributed by atoms with Crippen LogP contribution in [0.3, 0.4) is 0 Å². The van der Waals surface area contributed by atoms with Crippen LogP contribution in [0.15, 0.2) is 35.5 Å². The Morgan fingerprint density at radius 1 is 1.50 bits per heavy atom. The zero-order valence-electron chi connectivity index (χ0n) is 8.96. The number of hydrogen-bond donors (Lipinski definition) is 1. The largest absolute Gasteiger partial charge is 0.463 e. The Morgan fingerprint density at radius 3 is 2.94 bits per heavy atom. The molecule has 1 rings (SSSR count). The van der Waals surface area contributed by atoms with Gasteiger partial charge in [-0.1, -0.05) is 23.4 Å². The molecule has 0 aliphatic carbocycles. The van der Waals surface area contributed by atoms with Crippen LogP contribution in [0.1, 0.15) is 18.1 Å². The van der Waals surface area contributed by atoms with E-state index in [1.165, 1.54) is 12.3 Å². The highest BCUT2D eigenvalue weighted by molar-refractivity contribution is 5.87. The molecule has 0 amide bonds. The van der Waals surface area contributed by atoms with Crippen LogP contribution < -0.4 is 0 Å². The molecule has 0 radical (unpaired) electrons. The Bertz CT molecular complexity index is 410. The molecular weight excluding hydrogens is 206 g/mol. The van der Waals surface area contributed by atoms with Crippen LogP contribution in [0.2, 0.25) is 0 Å². The van der Waals surface area contributed by atoms with Crippen molar-refractivity contribution in [3.05, 3.63) is 41.5 Å². The molecule has 0 fully saturated rings. The lowest BCUT2D eigenvalue weighted by molar-refractivity contribution is -0.137. The van der Waals surface area contributed by atoms with Gasteiger partial charge < -0.3 is 9.94 Å². The highest BCUT2D eigenvalue weighted by Crippen LogP contribution is 2.05. The Hall–Kier alpha value is -2.10. The minimum Gasteiger partial charge on any atom is -0.463 e. The normalized spacial score (nSPS) is 11.1. The summed E-state index contributed by atoms with van der Waals surface area (Å²) >= 11 is 0. The molecule has 84 valence electrons. The predicted octanol–water partition coefficient (Wildman–Crippen LogP) is 2.07. The number of nitrogens with zero attached hydrogens (tertiary/aromatic N) is 1. The summed E-state index contributed by atoms with van der Waals surface area (Å²) in [5.41, 5.74) is 1.60. The molecule has 4 heteroatoms. The molecule has 1 aromatic carbocycles. The van der Waals surface area contributed by atoms with Crippen molar-refractivity contribution < 1.29 is 14.7 Å². The SMILES string of the molecule is CCOC(=O)C=Cc1cccc(C=NO)c1. The Balaban J connectivity index is 2.73. The molecular formula is C12H13NO3. The molecule has 0 atom stereocenters. The van der Waals surface area contributed by atoms with Crippen LogP contribution in [0, 0.1) is 0 Å². The Kier molecular flexibility index (Phi) is 4.79. The van der Waals surface area contributed by atoms with Crippen LogP contribution in [-0.4, -0.2) is 24.0 Å². The minimum absolute atomic E-state index is 0.361. The molecule has 0 saturated carbocycles. The summed E-state index contributed by atoms with van der Waals surface area (Å²) in [6.45, 7) is 2.12. The second-order valence-corrected chi connectivity index (χ2v) is 3.00. The Labute approximate surface area is 93.9 Å². The van der Waals surface area contributed by atoms with E-state index in [1.807, 2.05) is 12.1 Å². The summed E-state index contributed by atoms with van der Waals surface area (Å²) in [5, 5.41) is 11.3. The smallest absolute Gasteiger partial charge is 0.330 e. The maximum atomic E-state index is 11.1. The second kappa shape index (κ2) is 6.40. The van der Waals surface area contributed by atoms with Crippen molar-refractivity contribution in [2.75, 3.05) is 6.61 Å². The fourth-order valence-electron chi connectivity index (χ4n) is 1.16. The van der Waals surface area contributed by atoms with Gasteiger partial charge in [-0.25, -0.2) is 4.79 Å². The van der Waals surface area contributed by atoms with Gasteiger partial charge in [0.25, 0.3) is 0 Å². The van der Waals surface area contributed by atoms with Crippen molar-refractivity contribution in [3.8, 4) is 0 Å². The van der Waals surface area contributed by atoms with Gasteiger partial charge in [-0.3, -0.25) is 0 Å².